The second kappa shape index (κ2) is 4.93. The van der Waals surface area contributed by atoms with Gasteiger partial charge in [-0.15, -0.1) is 0 Å². The minimum absolute atomic E-state index is 0.104. The van der Waals surface area contributed by atoms with Crippen LogP contribution in [0.4, 0.5) is 0 Å². The van der Waals surface area contributed by atoms with E-state index in [-0.39, 0.29) is 11.8 Å². The van der Waals surface area contributed by atoms with Crippen LogP contribution < -0.4 is 5.32 Å². The number of hydrogen-bond donors (Lipinski definition) is 1. The highest BCUT2D eigenvalue weighted by atomic mass is 32.2. The van der Waals surface area contributed by atoms with Crippen LogP contribution in [0.3, 0.4) is 0 Å². The Hall–Kier alpha value is -0.940. The van der Waals surface area contributed by atoms with Crippen molar-refractivity contribution in [1.82, 2.24) is 10.3 Å². The molecule has 0 radical (unpaired) electrons. The molecule has 0 unspecified atom stereocenters. The number of hydrogen-bond acceptors (Lipinski definition) is 4. The van der Waals surface area contributed by atoms with Gasteiger partial charge in [0.2, 0.25) is 0 Å². The van der Waals surface area contributed by atoms with Crippen LogP contribution in [0.5, 0.6) is 0 Å². The van der Waals surface area contributed by atoms with Crippen molar-refractivity contribution in [3.05, 3.63) is 24.5 Å². The zero-order valence-electron chi connectivity index (χ0n) is 9.09. The highest BCUT2D eigenvalue weighted by Crippen LogP contribution is 2.14. The number of nitrogens with one attached hydrogen (secondary N) is 1. The third-order valence-electron chi connectivity index (χ3n) is 2.84. The molecule has 1 aromatic rings. The largest absolute Gasteiger partial charge is 0.313 e. The number of pyridine rings is 1. The Bertz CT molecular complexity index is 425. The van der Waals surface area contributed by atoms with Gasteiger partial charge in [0.15, 0.2) is 9.84 Å². The molecule has 0 saturated carbocycles. The fraction of sp³-hybridized carbons (Fsp3) is 0.545. The Labute approximate surface area is 96.0 Å². The molecule has 1 N–H and O–H groups in total. The van der Waals surface area contributed by atoms with Crippen molar-refractivity contribution in [2.75, 3.05) is 12.3 Å². The summed E-state index contributed by atoms with van der Waals surface area (Å²) in [5, 5.41) is 3.25. The van der Waals surface area contributed by atoms with Gasteiger partial charge in [0.1, 0.15) is 0 Å². The van der Waals surface area contributed by atoms with Gasteiger partial charge >= 0.3 is 0 Å². The molecule has 0 bridgehead atoms. The molecular formula is C11H16N2O2S. The van der Waals surface area contributed by atoms with Gasteiger partial charge in [0.05, 0.1) is 10.6 Å². The van der Waals surface area contributed by atoms with Crippen LogP contribution >= 0.6 is 0 Å². The predicted octanol–water partition coefficient (Wildman–Crippen LogP) is 0.997. The molecule has 1 atom stereocenters. The average molecular weight is 240 g/mol. The summed E-state index contributed by atoms with van der Waals surface area (Å²) in [5.41, 5.74) is 0. The van der Waals surface area contributed by atoms with Crippen LogP contribution in [0.2, 0.25) is 0 Å². The maximum atomic E-state index is 12.0. The van der Waals surface area contributed by atoms with Crippen molar-refractivity contribution in [3.63, 3.8) is 0 Å². The Kier molecular flexibility index (Phi) is 3.56. The van der Waals surface area contributed by atoms with Gasteiger partial charge in [-0.05, 0) is 31.5 Å². The molecule has 1 aliphatic rings. The van der Waals surface area contributed by atoms with Crippen molar-refractivity contribution in [3.8, 4) is 0 Å². The monoisotopic (exact) mass is 240 g/mol. The van der Waals surface area contributed by atoms with E-state index >= 15 is 0 Å². The van der Waals surface area contributed by atoms with E-state index in [1.54, 1.807) is 12.1 Å². The topological polar surface area (TPSA) is 59.1 Å². The van der Waals surface area contributed by atoms with Crippen molar-refractivity contribution in [2.24, 2.45) is 0 Å². The lowest BCUT2D eigenvalue weighted by Crippen LogP contribution is -2.39. The second-order valence-electron chi connectivity index (χ2n) is 4.11. The van der Waals surface area contributed by atoms with Gasteiger partial charge in [-0.1, -0.05) is 6.42 Å². The van der Waals surface area contributed by atoms with Crippen LogP contribution in [0, 0.1) is 0 Å². The van der Waals surface area contributed by atoms with Crippen LogP contribution in [-0.4, -0.2) is 31.7 Å². The highest BCUT2D eigenvalue weighted by molar-refractivity contribution is 7.91. The lowest BCUT2D eigenvalue weighted by Gasteiger charge is -2.23. The molecule has 1 saturated heterocycles. The number of aromatic nitrogens is 1. The SMILES string of the molecule is O=S(=O)(C[C@@H]1CCCCN1)c1ccncc1. The lowest BCUT2D eigenvalue weighted by atomic mass is 10.1. The zero-order chi connectivity index (χ0) is 11.4. The standard InChI is InChI=1S/C11H16N2O2S/c14-16(15,11-4-7-12-8-5-11)9-10-3-1-2-6-13-10/h4-5,7-8,10,13H,1-3,6,9H2/t10-/m0/s1. The smallest absolute Gasteiger partial charge is 0.180 e. The maximum absolute atomic E-state index is 12.0. The van der Waals surface area contributed by atoms with E-state index in [0.717, 1.165) is 25.8 Å². The number of nitrogens with zero attached hydrogens (tertiary/aromatic N) is 1. The Balaban J connectivity index is 2.08. The van der Waals surface area contributed by atoms with Crippen molar-refractivity contribution < 1.29 is 8.42 Å². The average Bonchev–Trinajstić information content (AvgIpc) is 2.31. The first kappa shape index (κ1) is 11.5. The number of rotatable bonds is 3. The minimum atomic E-state index is -3.16. The maximum Gasteiger partial charge on any atom is 0.180 e. The number of piperidine rings is 1. The van der Waals surface area contributed by atoms with Gasteiger partial charge in [0, 0.05) is 18.4 Å². The third-order valence-corrected chi connectivity index (χ3v) is 4.67. The summed E-state index contributed by atoms with van der Waals surface area (Å²) in [5.74, 6) is 0.191. The van der Waals surface area contributed by atoms with Crippen LogP contribution in [-0.2, 0) is 9.84 Å². The Morgan fingerprint density at radius 1 is 1.31 bits per heavy atom. The van der Waals surface area contributed by atoms with E-state index in [1.165, 1.54) is 12.4 Å². The number of sulfone groups is 1. The Morgan fingerprint density at radius 3 is 2.69 bits per heavy atom. The van der Waals surface area contributed by atoms with E-state index in [1.807, 2.05) is 0 Å². The normalized spacial score (nSPS) is 21.9. The van der Waals surface area contributed by atoms with Gasteiger partial charge < -0.3 is 5.32 Å². The Morgan fingerprint density at radius 2 is 2.06 bits per heavy atom. The van der Waals surface area contributed by atoms with Crippen molar-refractivity contribution in [2.45, 2.75) is 30.2 Å². The molecule has 0 spiro atoms. The van der Waals surface area contributed by atoms with E-state index in [0.29, 0.717) is 4.90 Å². The van der Waals surface area contributed by atoms with Crippen molar-refractivity contribution >= 4 is 9.84 Å². The van der Waals surface area contributed by atoms with Crippen LogP contribution in [0.15, 0.2) is 29.4 Å². The van der Waals surface area contributed by atoms with Crippen molar-refractivity contribution in [1.29, 1.82) is 0 Å². The van der Waals surface area contributed by atoms with E-state index < -0.39 is 9.84 Å². The van der Waals surface area contributed by atoms with Gasteiger partial charge in [-0.2, -0.15) is 0 Å². The fourth-order valence-corrected chi connectivity index (χ4v) is 3.52. The summed E-state index contributed by atoms with van der Waals surface area (Å²) in [4.78, 5) is 4.20. The third kappa shape index (κ3) is 2.80. The lowest BCUT2D eigenvalue weighted by molar-refractivity contribution is 0.423. The summed E-state index contributed by atoms with van der Waals surface area (Å²) < 4.78 is 24.1. The molecule has 4 nitrogen and oxygen atoms in total. The molecule has 2 rings (SSSR count). The summed E-state index contributed by atoms with van der Waals surface area (Å²) in [6, 6.07) is 3.21. The molecule has 16 heavy (non-hydrogen) atoms. The first-order chi connectivity index (χ1) is 7.68. The summed E-state index contributed by atoms with van der Waals surface area (Å²) >= 11 is 0. The first-order valence-electron chi connectivity index (χ1n) is 5.55. The second-order valence-corrected chi connectivity index (χ2v) is 6.15. The molecule has 0 amide bonds. The van der Waals surface area contributed by atoms with Gasteiger partial charge in [-0.25, -0.2) is 8.42 Å². The molecule has 2 heterocycles. The van der Waals surface area contributed by atoms with Crippen LogP contribution in [0.1, 0.15) is 19.3 Å². The predicted molar refractivity (Wildman–Crippen MR) is 61.9 cm³/mol. The quantitative estimate of drug-likeness (QED) is 0.856. The summed E-state index contributed by atoms with van der Waals surface area (Å²) in [6.07, 6.45) is 6.24. The molecule has 0 aromatic carbocycles. The van der Waals surface area contributed by atoms with Gasteiger partial charge in [0.25, 0.3) is 0 Å². The van der Waals surface area contributed by atoms with E-state index in [9.17, 15) is 8.42 Å². The van der Waals surface area contributed by atoms with E-state index in [4.69, 9.17) is 0 Å². The molecule has 88 valence electrons. The molecular weight excluding hydrogens is 224 g/mol. The van der Waals surface area contributed by atoms with E-state index in [2.05, 4.69) is 10.3 Å². The summed E-state index contributed by atoms with van der Waals surface area (Å²) in [7, 11) is -3.16. The van der Waals surface area contributed by atoms with Crippen LogP contribution in [0.25, 0.3) is 0 Å². The molecule has 1 aliphatic heterocycles. The molecule has 5 heteroatoms. The summed E-state index contributed by atoms with van der Waals surface area (Å²) in [6.45, 7) is 0.927. The fourth-order valence-electron chi connectivity index (χ4n) is 1.97. The zero-order valence-corrected chi connectivity index (χ0v) is 9.91. The molecule has 0 aliphatic carbocycles. The van der Waals surface area contributed by atoms with Gasteiger partial charge in [-0.3, -0.25) is 4.98 Å². The first-order valence-corrected chi connectivity index (χ1v) is 7.20. The minimum Gasteiger partial charge on any atom is -0.313 e. The highest BCUT2D eigenvalue weighted by Gasteiger charge is 2.22. The molecule has 1 aromatic heterocycles. The molecule has 1 fully saturated rings.